The van der Waals surface area contributed by atoms with Gasteiger partial charge in [-0.05, 0) is 37.9 Å². The molecule has 2 aromatic heterocycles. The minimum Gasteiger partial charge on any atom is -0.463 e. The zero-order chi connectivity index (χ0) is 16.1. The highest BCUT2D eigenvalue weighted by atomic mass is 32.1. The molecule has 3 rings (SSSR count). The number of carbonyl (C=O) groups excluding carboxylic acids is 1. The van der Waals surface area contributed by atoms with Gasteiger partial charge in [0.15, 0.2) is 10.9 Å². The summed E-state index contributed by atoms with van der Waals surface area (Å²) in [6.07, 6.45) is 5.66. The number of aromatic nitrogens is 1. The molecule has 2 N–H and O–H groups in total. The van der Waals surface area contributed by atoms with E-state index in [0.29, 0.717) is 23.5 Å². The predicted molar refractivity (Wildman–Crippen MR) is 89.4 cm³/mol. The minimum absolute atomic E-state index is 0.0600. The van der Waals surface area contributed by atoms with Gasteiger partial charge in [0, 0.05) is 18.0 Å². The zero-order valence-electron chi connectivity index (χ0n) is 12.9. The Morgan fingerprint density at radius 1 is 1.52 bits per heavy atom. The molecule has 0 radical (unpaired) electrons. The second kappa shape index (κ2) is 7.72. The van der Waals surface area contributed by atoms with Crippen LogP contribution in [-0.2, 0) is 4.79 Å². The summed E-state index contributed by atoms with van der Waals surface area (Å²) in [5.74, 6) is 0.635. The van der Waals surface area contributed by atoms with Gasteiger partial charge < -0.3 is 14.8 Å². The normalized spacial score (nSPS) is 18.9. The number of nitrogens with one attached hydrogen (secondary N) is 1. The van der Waals surface area contributed by atoms with Crippen LogP contribution in [0.25, 0.3) is 11.5 Å². The van der Waals surface area contributed by atoms with Gasteiger partial charge in [-0.1, -0.05) is 6.42 Å². The van der Waals surface area contributed by atoms with Crippen molar-refractivity contribution < 1.29 is 14.3 Å². The lowest BCUT2D eigenvalue weighted by Crippen LogP contribution is -2.44. The van der Waals surface area contributed by atoms with Crippen molar-refractivity contribution in [1.29, 1.82) is 0 Å². The summed E-state index contributed by atoms with van der Waals surface area (Å²) in [5.41, 5.74) is 0.728. The Hall–Kier alpha value is -1.70. The third-order valence-corrected chi connectivity index (χ3v) is 4.84. The van der Waals surface area contributed by atoms with Crippen molar-refractivity contribution >= 4 is 22.4 Å². The SMILES string of the molecule is O=C(CN1CCCCC1CCO)Nc1nc(-c2ccco2)cs1. The van der Waals surface area contributed by atoms with Gasteiger partial charge in [-0.15, -0.1) is 11.3 Å². The van der Waals surface area contributed by atoms with E-state index in [9.17, 15) is 4.79 Å². The lowest BCUT2D eigenvalue weighted by Gasteiger charge is -2.34. The maximum atomic E-state index is 12.3. The fourth-order valence-electron chi connectivity index (χ4n) is 2.96. The summed E-state index contributed by atoms with van der Waals surface area (Å²) in [5, 5.41) is 14.5. The molecule has 124 valence electrons. The van der Waals surface area contributed by atoms with Crippen LogP contribution in [0.2, 0.25) is 0 Å². The molecule has 0 spiro atoms. The monoisotopic (exact) mass is 335 g/mol. The summed E-state index contributed by atoms with van der Waals surface area (Å²) in [7, 11) is 0. The van der Waals surface area contributed by atoms with Gasteiger partial charge in [0.1, 0.15) is 5.69 Å². The molecule has 2 aromatic rings. The summed E-state index contributed by atoms with van der Waals surface area (Å²) < 4.78 is 5.30. The van der Waals surface area contributed by atoms with Crippen molar-refractivity contribution in [1.82, 2.24) is 9.88 Å². The standard InChI is InChI=1S/C16H21N3O3S/c20-8-6-12-4-1-2-7-19(12)10-15(21)18-16-17-13(11-23-16)14-5-3-9-22-14/h3,5,9,11-12,20H,1-2,4,6-8,10H2,(H,17,18,21). The van der Waals surface area contributed by atoms with E-state index >= 15 is 0 Å². The number of amides is 1. The van der Waals surface area contributed by atoms with E-state index < -0.39 is 0 Å². The highest BCUT2D eigenvalue weighted by molar-refractivity contribution is 7.14. The molecule has 0 aromatic carbocycles. The van der Waals surface area contributed by atoms with Crippen LogP contribution in [0.4, 0.5) is 5.13 Å². The maximum absolute atomic E-state index is 12.3. The predicted octanol–water partition coefficient (Wildman–Crippen LogP) is 2.58. The Bertz CT molecular complexity index is 624. The zero-order valence-corrected chi connectivity index (χ0v) is 13.7. The van der Waals surface area contributed by atoms with E-state index in [0.717, 1.165) is 31.5 Å². The number of anilines is 1. The van der Waals surface area contributed by atoms with Crippen molar-refractivity contribution in [3.63, 3.8) is 0 Å². The number of furan rings is 1. The van der Waals surface area contributed by atoms with Gasteiger partial charge in [0.25, 0.3) is 0 Å². The van der Waals surface area contributed by atoms with Crippen LogP contribution < -0.4 is 5.32 Å². The molecular weight excluding hydrogens is 314 g/mol. The minimum atomic E-state index is -0.0600. The first kappa shape index (κ1) is 16.2. The number of rotatable bonds is 6. The number of hydrogen-bond donors (Lipinski definition) is 2. The van der Waals surface area contributed by atoms with Gasteiger partial charge in [-0.3, -0.25) is 9.69 Å². The van der Waals surface area contributed by atoms with Gasteiger partial charge >= 0.3 is 0 Å². The molecule has 1 saturated heterocycles. The molecule has 0 saturated carbocycles. The Kier molecular flexibility index (Phi) is 5.43. The smallest absolute Gasteiger partial charge is 0.240 e. The lowest BCUT2D eigenvalue weighted by molar-refractivity contribution is -0.118. The van der Waals surface area contributed by atoms with Crippen LogP contribution in [0.1, 0.15) is 25.7 Å². The van der Waals surface area contributed by atoms with Gasteiger partial charge in [0.05, 0.1) is 12.8 Å². The molecule has 1 amide bonds. The maximum Gasteiger partial charge on any atom is 0.240 e. The number of thiazole rings is 1. The molecule has 7 heteroatoms. The first-order valence-electron chi connectivity index (χ1n) is 7.90. The van der Waals surface area contributed by atoms with E-state index in [-0.39, 0.29) is 12.5 Å². The van der Waals surface area contributed by atoms with E-state index in [4.69, 9.17) is 9.52 Å². The average Bonchev–Trinajstić information content (AvgIpc) is 3.20. The summed E-state index contributed by atoms with van der Waals surface area (Å²) in [6, 6.07) is 3.95. The molecule has 1 fully saturated rings. The third kappa shape index (κ3) is 4.19. The summed E-state index contributed by atoms with van der Waals surface area (Å²) in [4.78, 5) is 18.8. The van der Waals surface area contributed by atoms with E-state index in [1.807, 2.05) is 17.5 Å². The number of likely N-dealkylation sites (tertiary alicyclic amines) is 1. The van der Waals surface area contributed by atoms with Crippen LogP contribution in [0, 0.1) is 0 Å². The Balaban J connectivity index is 1.56. The molecule has 1 aliphatic rings. The Morgan fingerprint density at radius 3 is 3.22 bits per heavy atom. The van der Waals surface area contributed by atoms with Crippen LogP contribution in [0.15, 0.2) is 28.2 Å². The fourth-order valence-corrected chi connectivity index (χ4v) is 3.67. The van der Waals surface area contributed by atoms with Crippen molar-refractivity contribution in [3.8, 4) is 11.5 Å². The van der Waals surface area contributed by atoms with E-state index in [2.05, 4.69) is 15.2 Å². The van der Waals surface area contributed by atoms with Crippen LogP contribution in [-0.4, -0.2) is 46.6 Å². The molecule has 1 aliphatic heterocycles. The second-order valence-electron chi connectivity index (χ2n) is 5.70. The van der Waals surface area contributed by atoms with E-state index in [1.54, 1.807) is 6.26 Å². The van der Waals surface area contributed by atoms with E-state index in [1.165, 1.54) is 17.8 Å². The molecule has 1 unspecified atom stereocenters. The number of hydrogen-bond acceptors (Lipinski definition) is 6. The Labute approximate surface area is 139 Å². The van der Waals surface area contributed by atoms with Crippen LogP contribution in [0.3, 0.4) is 0 Å². The second-order valence-corrected chi connectivity index (χ2v) is 6.55. The van der Waals surface area contributed by atoms with Gasteiger partial charge in [-0.2, -0.15) is 0 Å². The van der Waals surface area contributed by atoms with Crippen LogP contribution >= 0.6 is 11.3 Å². The average molecular weight is 335 g/mol. The first-order chi connectivity index (χ1) is 11.3. The summed E-state index contributed by atoms with van der Waals surface area (Å²) >= 11 is 1.39. The van der Waals surface area contributed by atoms with Gasteiger partial charge in [-0.25, -0.2) is 4.98 Å². The molecule has 6 nitrogen and oxygen atoms in total. The largest absolute Gasteiger partial charge is 0.463 e. The topological polar surface area (TPSA) is 78.6 Å². The molecule has 1 atom stereocenters. The third-order valence-electron chi connectivity index (χ3n) is 4.08. The molecular formula is C16H21N3O3S. The molecule has 3 heterocycles. The number of carbonyl (C=O) groups is 1. The van der Waals surface area contributed by atoms with Crippen molar-refractivity contribution in [2.75, 3.05) is 25.0 Å². The number of piperidine rings is 1. The van der Waals surface area contributed by atoms with Gasteiger partial charge in [0.2, 0.25) is 5.91 Å². The molecule has 0 bridgehead atoms. The number of aliphatic hydroxyl groups is 1. The highest BCUT2D eigenvalue weighted by Crippen LogP contribution is 2.25. The van der Waals surface area contributed by atoms with Crippen molar-refractivity contribution in [2.24, 2.45) is 0 Å². The van der Waals surface area contributed by atoms with Crippen molar-refractivity contribution in [2.45, 2.75) is 31.7 Å². The highest BCUT2D eigenvalue weighted by Gasteiger charge is 2.24. The Morgan fingerprint density at radius 2 is 2.43 bits per heavy atom. The quantitative estimate of drug-likeness (QED) is 0.848. The summed E-state index contributed by atoms with van der Waals surface area (Å²) in [6.45, 7) is 1.43. The lowest BCUT2D eigenvalue weighted by atomic mass is 10.00. The number of nitrogens with zero attached hydrogens (tertiary/aromatic N) is 2. The number of aliphatic hydroxyl groups excluding tert-OH is 1. The fraction of sp³-hybridized carbons (Fsp3) is 0.500. The molecule has 0 aliphatic carbocycles. The van der Waals surface area contributed by atoms with Crippen molar-refractivity contribution in [3.05, 3.63) is 23.8 Å². The van der Waals surface area contributed by atoms with Crippen LogP contribution in [0.5, 0.6) is 0 Å². The molecule has 23 heavy (non-hydrogen) atoms. The first-order valence-corrected chi connectivity index (χ1v) is 8.78.